The van der Waals surface area contributed by atoms with Crippen molar-refractivity contribution in [3.8, 4) is 11.1 Å². The number of allylic oxidation sites excluding steroid dienone is 2. The summed E-state index contributed by atoms with van der Waals surface area (Å²) < 4.78 is 29.1. The SMILES string of the molecule is C=C[C@@H]1CC1(NC(=O)[C@@H]1CC2CN1C(=O)[C@H](C(C)(C)C)NC(=O)N(C)CCC/C=C/Cc1c(-c3ccc4ccccc4c3)cnn2c1=O)C(=O)NS(=O)(=O)C1CC1. The van der Waals surface area contributed by atoms with Crippen molar-refractivity contribution in [3.05, 3.63) is 89.4 Å². The number of rotatable bonds is 7. The van der Waals surface area contributed by atoms with Gasteiger partial charge in [0, 0.05) is 43.6 Å². The molecule has 5 amide bonds. The van der Waals surface area contributed by atoms with Crippen LogP contribution in [0.2, 0.25) is 0 Å². The van der Waals surface area contributed by atoms with Crippen LogP contribution < -0.4 is 20.9 Å². The molecule has 4 bridgehead atoms. The van der Waals surface area contributed by atoms with Crippen molar-refractivity contribution < 1.29 is 27.6 Å². The van der Waals surface area contributed by atoms with Gasteiger partial charge >= 0.3 is 6.03 Å². The highest BCUT2D eigenvalue weighted by Crippen LogP contribution is 2.46. The van der Waals surface area contributed by atoms with Gasteiger partial charge in [0.2, 0.25) is 21.8 Å². The number of fused-ring (bicyclic) bond motifs is 6. The van der Waals surface area contributed by atoms with Crippen LogP contribution in [0, 0.1) is 11.3 Å². The van der Waals surface area contributed by atoms with E-state index in [1.54, 1.807) is 13.2 Å². The van der Waals surface area contributed by atoms with Crippen molar-refractivity contribution in [2.75, 3.05) is 20.1 Å². The molecule has 2 aliphatic heterocycles. The van der Waals surface area contributed by atoms with E-state index in [1.807, 2.05) is 75.4 Å². The summed E-state index contributed by atoms with van der Waals surface area (Å²) in [6.45, 7) is 9.55. The Bertz CT molecular complexity index is 2330. The number of amides is 5. The van der Waals surface area contributed by atoms with E-state index in [4.69, 9.17) is 0 Å². The molecule has 3 fully saturated rings. The van der Waals surface area contributed by atoms with E-state index in [-0.39, 0.29) is 24.9 Å². The Morgan fingerprint density at radius 1 is 1.05 bits per heavy atom. The van der Waals surface area contributed by atoms with E-state index in [0.29, 0.717) is 49.8 Å². The first-order chi connectivity index (χ1) is 27.0. The molecule has 1 saturated heterocycles. The predicted octanol–water partition coefficient (Wildman–Crippen LogP) is 3.82. The summed E-state index contributed by atoms with van der Waals surface area (Å²) in [4.78, 5) is 73.8. The molecular formula is C42H51N7O7S. The van der Waals surface area contributed by atoms with Crippen molar-refractivity contribution in [1.82, 2.24) is 34.9 Å². The Morgan fingerprint density at radius 3 is 2.47 bits per heavy atom. The van der Waals surface area contributed by atoms with Crippen LogP contribution in [-0.2, 0) is 30.8 Å². The van der Waals surface area contributed by atoms with Crippen LogP contribution in [0.1, 0.15) is 70.9 Å². The molecule has 5 atom stereocenters. The van der Waals surface area contributed by atoms with Crippen molar-refractivity contribution in [3.63, 3.8) is 0 Å². The van der Waals surface area contributed by atoms with Gasteiger partial charge in [-0.15, -0.1) is 6.58 Å². The Balaban J connectivity index is 1.28. The second-order valence-electron chi connectivity index (χ2n) is 16.9. The molecule has 3 N–H and O–H groups in total. The fourth-order valence-corrected chi connectivity index (χ4v) is 9.35. The molecule has 57 heavy (non-hydrogen) atoms. The van der Waals surface area contributed by atoms with Crippen molar-refractivity contribution in [2.45, 2.75) is 94.6 Å². The first-order valence-corrected chi connectivity index (χ1v) is 21.2. The Labute approximate surface area is 332 Å². The third-order valence-electron chi connectivity index (χ3n) is 11.7. The fourth-order valence-electron chi connectivity index (χ4n) is 7.98. The van der Waals surface area contributed by atoms with Gasteiger partial charge in [-0.05, 0) is 66.3 Å². The molecule has 2 unspecified atom stereocenters. The van der Waals surface area contributed by atoms with Gasteiger partial charge in [-0.25, -0.2) is 17.9 Å². The summed E-state index contributed by atoms with van der Waals surface area (Å²) in [7, 11) is -2.27. The molecule has 14 nitrogen and oxygen atoms in total. The van der Waals surface area contributed by atoms with Crippen molar-refractivity contribution in [1.29, 1.82) is 0 Å². The summed E-state index contributed by atoms with van der Waals surface area (Å²) in [5, 5.41) is 11.8. The number of nitrogens with one attached hydrogen (secondary N) is 3. The lowest BCUT2D eigenvalue weighted by atomic mass is 9.85. The zero-order chi connectivity index (χ0) is 40.9. The molecule has 3 aromatic rings. The quantitative estimate of drug-likeness (QED) is 0.302. The van der Waals surface area contributed by atoms with Crippen LogP contribution in [0.4, 0.5) is 4.79 Å². The standard InChI is InChI=1S/C42H51N7O7S/c1-6-29-23-42(29,39(53)46-57(55,56)31-18-19-31)45-36(50)34-22-30-25-48(34)38(52)35(41(2,3)4)44-40(54)47(5)20-12-8-7-9-15-32-33(24-43-49(30)37(32)51)28-17-16-26-13-10-11-14-27(26)21-28/h6-7,9-11,13-14,16-17,21,24,29-31,34-35H,1,8,12,15,18-20,22-23,25H2,2-5H3,(H,44,54)(H,45,50)(H,46,53)/b9-7+/t29-,30?,34+,35-,42?/m1/s1. The average molecular weight is 798 g/mol. The maximum absolute atomic E-state index is 14.7. The van der Waals surface area contributed by atoms with E-state index in [0.717, 1.165) is 16.3 Å². The van der Waals surface area contributed by atoms with Crippen LogP contribution in [0.25, 0.3) is 21.9 Å². The van der Waals surface area contributed by atoms with Crippen LogP contribution in [0.15, 0.2) is 78.3 Å². The van der Waals surface area contributed by atoms with Crippen LogP contribution >= 0.6 is 0 Å². The van der Waals surface area contributed by atoms with E-state index in [2.05, 4.69) is 27.0 Å². The number of nitrogens with zero attached hydrogens (tertiary/aromatic N) is 4. The van der Waals surface area contributed by atoms with E-state index in [1.165, 1.54) is 20.6 Å². The maximum Gasteiger partial charge on any atom is 0.317 e. The van der Waals surface area contributed by atoms with Gasteiger partial charge in [-0.1, -0.05) is 75.4 Å². The molecule has 2 aliphatic carbocycles. The molecule has 4 aliphatic rings. The topological polar surface area (TPSA) is 180 Å². The minimum Gasteiger partial charge on any atom is -0.339 e. The van der Waals surface area contributed by atoms with Gasteiger partial charge in [-0.3, -0.25) is 23.9 Å². The fraction of sp³-hybridized carbons (Fsp3) is 0.476. The Morgan fingerprint density at radius 2 is 1.79 bits per heavy atom. The smallest absolute Gasteiger partial charge is 0.317 e. The molecule has 0 spiro atoms. The van der Waals surface area contributed by atoms with Gasteiger partial charge in [-0.2, -0.15) is 5.10 Å². The number of aromatic nitrogens is 2. The van der Waals surface area contributed by atoms with Gasteiger partial charge < -0.3 is 20.4 Å². The molecule has 0 radical (unpaired) electrons. The largest absolute Gasteiger partial charge is 0.339 e. The minimum absolute atomic E-state index is 0.0311. The molecular weight excluding hydrogens is 747 g/mol. The summed E-state index contributed by atoms with van der Waals surface area (Å²) in [6.07, 6.45) is 9.69. The zero-order valence-electron chi connectivity index (χ0n) is 32.9. The minimum atomic E-state index is -3.92. The monoisotopic (exact) mass is 797 g/mol. The Kier molecular flexibility index (Phi) is 10.7. The first kappa shape index (κ1) is 39.9. The van der Waals surface area contributed by atoms with Crippen molar-refractivity contribution >= 4 is 44.5 Å². The lowest BCUT2D eigenvalue weighted by molar-refractivity contribution is -0.142. The third-order valence-corrected chi connectivity index (χ3v) is 13.5. The molecule has 15 heteroatoms. The normalized spacial score (nSPS) is 26.3. The molecule has 2 saturated carbocycles. The lowest BCUT2D eigenvalue weighted by Gasteiger charge is -2.36. The van der Waals surface area contributed by atoms with E-state index < -0.39 is 74.0 Å². The van der Waals surface area contributed by atoms with Gasteiger partial charge in [0.1, 0.15) is 17.6 Å². The Hall–Kier alpha value is -5.31. The molecule has 302 valence electrons. The third kappa shape index (κ3) is 7.98. The summed E-state index contributed by atoms with van der Waals surface area (Å²) in [5.41, 5.74) is -0.739. The van der Waals surface area contributed by atoms with Crippen molar-refractivity contribution in [2.24, 2.45) is 11.3 Å². The average Bonchev–Trinajstić information content (AvgIpc) is 4.10. The lowest BCUT2D eigenvalue weighted by Crippen LogP contribution is -2.61. The molecule has 2 aromatic carbocycles. The number of benzene rings is 2. The first-order valence-electron chi connectivity index (χ1n) is 19.6. The summed E-state index contributed by atoms with van der Waals surface area (Å²) >= 11 is 0. The van der Waals surface area contributed by atoms with Gasteiger partial charge in [0.15, 0.2) is 0 Å². The van der Waals surface area contributed by atoms with E-state index >= 15 is 0 Å². The maximum atomic E-state index is 14.7. The number of carbonyl (C=O) groups excluding carboxylic acids is 4. The molecule has 1 aromatic heterocycles. The predicted molar refractivity (Wildman–Crippen MR) is 216 cm³/mol. The van der Waals surface area contributed by atoms with Crippen LogP contribution in [0.3, 0.4) is 0 Å². The number of sulfonamides is 1. The highest BCUT2D eigenvalue weighted by atomic mass is 32.2. The number of hydrogen-bond acceptors (Lipinski definition) is 8. The second kappa shape index (κ2) is 15.2. The number of hydrogen-bond donors (Lipinski definition) is 3. The highest BCUT2D eigenvalue weighted by Gasteiger charge is 2.62. The number of urea groups is 1. The number of carbonyl (C=O) groups is 4. The molecule has 7 rings (SSSR count). The molecule has 3 heterocycles. The summed E-state index contributed by atoms with van der Waals surface area (Å²) in [6, 6.07) is 10.5. The van der Waals surface area contributed by atoms with Gasteiger partial charge in [0.05, 0.1) is 17.5 Å². The van der Waals surface area contributed by atoms with Gasteiger partial charge in [0.25, 0.3) is 11.5 Å². The highest BCUT2D eigenvalue weighted by molar-refractivity contribution is 7.91. The van der Waals surface area contributed by atoms with E-state index in [9.17, 15) is 32.4 Å². The summed E-state index contributed by atoms with van der Waals surface area (Å²) in [5.74, 6) is -2.63. The second-order valence-corrected chi connectivity index (χ2v) is 18.9. The van der Waals surface area contributed by atoms with Crippen LogP contribution in [-0.4, -0.2) is 94.8 Å². The zero-order valence-corrected chi connectivity index (χ0v) is 33.7. The van der Waals surface area contributed by atoms with Crippen LogP contribution in [0.5, 0.6) is 0 Å².